The monoisotopic (exact) mass is 304 g/mol. The van der Waals surface area contributed by atoms with Crippen LogP contribution in [0.3, 0.4) is 0 Å². The Labute approximate surface area is 130 Å². The first-order chi connectivity index (χ1) is 2.00. The molecule has 0 aliphatic heterocycles. The van der Waals surface area contributed by atoms with Crippen LogP contribution >= 0.6 is 0 Å². The van der Waals surface area contributed by atoms with Crippen molar-refractivity contribution in [2.24, 2.45) is 0 Å². The van der Waals surface area contributed by atoms with Crippen LogP contribution in [0.2, 0.25) is 0 Å². The molecule has 0 unspecified atom stereocenters. The second-order valence-electron chi connectivity index (χ2n) is 0.408. The molecule has 15 heavy (non-hydrogen) atoms. The van der Waals surface area contributed by atoms with Gasteiger partial charge < -0.3 is 59.8 Å². The van der Waals surface area contributed by atoms with Crippen LogP contribution in [-0.4, -0.2) is 78.9 Å². The van der Waals surface area contributed by atoms with E-state index in [1.54, 1.807) is 0 Å². The minimum absolute atomic E-state index is 0. The summed E-state index contributed by atoms with van der Waals surface area (Å²) in [5.74, 6) is 0. The fraction of sp³-hybridized carbons (Fsp3) is 0. The van der Waals surface area contributed by atoms with Gasteiger partial charge in [-0.15, -0.1) is 0 Å². The summed E-state index contributed by atoms with van der Waals surface area (Å²) in [6, 6.07) is 0. The smallest absolute Gasteiger partial charge is 1.00 e. The SMILES string of the molecule is O.O.O.O.O.O.O.O=S(=O)([O-])[O-].[Cl-].[Mg+2].[Na+]. The van der Waals surface area contributed by atoms with Gasteiger partial charge in [-0.25, -0.2) is 0 Å². The third-order valence-corrected chi connectivity index (χ3v) is 0. The first kappa shape index (κ1) is 128. The van der Waals surface area contributed by atoms with Crippen LogP contribution in [-0.2, 0) is 10.4 Å². The number of rotatable bonds is 0. The average Bonchev–Trinajstić information content (AvgIpc) is 0.722. The maximum absolute atomic E-state index is 8.52. The van der Waals surface area contributed by atoms with Crippen LogP contribution in [0.25, 0.3) is 0 Å². The molecule has 0 heterocycles. The molecule has 0 aliphatic rings. The molecule has 11 nitrogen and oxygen atoms in total. The van der Waals surface area contributed by atoms with E-state index in [1.165, 1.54) is 0 Å². The van der Waals surface area contributed by atoms with E-state index in [4.69, 9.17) is 17.5 Å². The Morgan fingerprint density at radius 1 is 0.667 bits per heavy atom. The van der Waals surface area contributed by atoms with E-state index >= 15 is 0 Å². The summed E-state index contributed by atoms with van der Waals surface area (Å²) in [7, 11) is -5.17. The molecule has 96 valence electrons. The van der Waals surface area contributed by atoms with Crippen LogP contribution in [0.1, 0.15) is 0 Å². The van der Waals surface area contributed by atoms with Gasteiger partial charge in [0.2, 0.25) is 0 Å². The van der Waals surface area contributed by atoms with Gasteiger partial charge in [-0.3, -0.25) is 8.42 Å². The maximum Gasteiger partial charge on any atom is 2.00 e. The van der Waals surface area contributed by atoms with Crippen molar-refractivity contribution in [2.75, 3.05) is 0 Å². The molecule has 0 amide bonds. The molecule has 0 aromatic rings. The van der Waals surface area contributed by atoms with Gasteiger partial charge in [-0.05, 0) is 0 Å². The average molecular weight is 305 g/mol. The quantitative estimate of drug-likeness (QED) is 0.239. The van der Waals surface area contributed by atoms with Gasteiger partial charge in [0.05, 0.1) is 0 Å². The summed E-state index contributed by atoms with van der Waals surface area (Å²) in [5, 5.41) is 0. The van der Waals surface area contributed by atoms with Crippen molar-refractivity contribution in [3.63, 3.8) is 0 Å². The van der Waals surface area contributed by atoms with E-state index in [0.29, 0.717) is 0 Å². The van der Waals surface area contributed by atoms with Crippen molar-refractivity contribution in [1.29, 1.82) is 0 Å². The zero-order valence-corrected chi connectivity index (χ0v) is 12.6. The second kappa shape index (κ2) is 57.4. The standard InChI is InChI=1S/ClH.Mg.Na.H2O4S.7H2O/c;;;1-5(2,3)4;;;;;;;/h1H;;;(H2,1,2,3,4);7*1H2/q;+2;+1;;;;;;;;/p-3. The van der Waals surface area contributed by atoms with Crippen molar-refractivity contribution in [3.05, 3.63) is 0 Å². The van der Waals surface area contributed by atoms with Crippen LogP contribution < -0.4 is 42.0 Å². The number of halogens is 1. The van der Waals surface area contributed by atoms with Crippen molar-refractivity contribution >= 4 is 33.5 Å². The molecule has 0 bridgehead atoms. The number of hydrogen-bond acceptors (Lipinski definition) is 4. The number of hydrogen-bond donors (Lipinski definition) is 0. The van der Waals surface area contributed by atoms with Gasteiger partial charge in [0.15, 0.2) is 0 Å². The van der Waals surface area contributed by atoms with Gasteiger partial charge in [-0.2, -0.15) is 0 Å². The summed E-state index contributed by atoms with van der Waals surface area (Å²) in [4.78, 5) is 0. The predicted molar refractivity (Wildman–Crippen MR) is 41.5 cm³/mol. The molecule has 14 N–H and O–H groups in total. The predicted octanol–water partition coefficient (Wildman–Crippen LogP) is -13.5. The minimum Gasteiger partial charge on any atom is -1.00 e. The zero-order valence-electron chi connectivity index (χ0n) is 7.63. The molecule has 0 fully saturated rings. The van der Waals surface area contributed by atoms with Crippen molar-refractivity contribution in [2.45, 2.75) is 0 Å². The van der Waals surface area contributed by atoms with Crippen molar-refractivity contribution < 1.29 is 97.8 Å². The molecular formula is H14ClMgNaO11S. The fourth-order valence-electron chi connectivity index (χ4n) is 0. The van der Waals surface area contributed by atoms with Gasteiger partial charge in [0.25, 0.3) is 0 Å². The van der Waals surface area contributed by atoms with Crippen LogP contribution in [0.4, 0.5) is 0 Å². The maximum atomic E-state index is 8.52. The van der Waals surface area contributed by atoms with E-state index < -0.39 is 10.4 Å². The Morgan fingerprint density at radius 2 is 0.667 bits per heavy atom. The molecule has 0 aromatic heterocycles. The summed E-state index contributed by atoms with van der Waals surface area (Å²) in [6.07, 6.45) is 0. The Kier molecular flexibility index (Phi) is 489. The molecule has 0 radical (unpaired) electrons. The van der Waals surface area contributed by atoms with Crippen molar-refractivity contribution in [3.8, 4) is 0 Å². The summed E-state index contributed by atoms with van der Waals surface area (Å²) < 4.78 is 34.1. The van der Waals surface area contributed by atoms with Gasteiger partial charge in [-0.1, -0.05) is 0 Å². The van der Waals surface area contributed by atoms with Gasteiger partial charge in [0.1, 0.15) is 0 Å². The summed E-state index contributed by atoms with van der Waals surface area (Å²) in [5.41, 5.74) is 0. The third-order valence-electron chi connectivity index (χ3n) is 0. The Bertz CT molecular complexity index is 104. The largest absolute Gasteiger partial charge is 2.00 e. The Balaban J connectivity index is -0.00000000178. The van der Waals surface area contributed by atoms with E-state index in [1.807, 2.05) is 0 Å². The Hall–Kier alpha value is 1.65. The molecular weight excluding hydrogens is 291 g/mol. The van der Waals surface area contributed by atoms with E-state index in [-0.39, 0.29) is 103 Å². The zero-order chi connectivity index (χ0) is 4.50. The first-order valence-electron chi connectivity index (χ1n) is 0.667. The van der Waals surface area contributed by atoms with Crippen LogP contribution in [0, 0.1) is 0 Å². The van der Waals surface area contributed by atoms with E-state index in [0.717, 1.165) is 0 Å². The summed E-state index contributed by atoms with van der Waals surface area (Å²) in [6.45, 7) is 0. The molecule has 0 rings (SSSR count). The first-order valence-corrected chi connectivity index (χ1v) is 2.00. The molecule has 0 saturated carbocycles. The van der Waals surface area contributed by atoms with Crippen molar-refractivity contribution in [1.82, 2.24) is 0 Å². The molecule has 15 heteroatoms. The van der Waals surface area contributed by atoms with E-state index in [9.17, 15) is 0 Å². The molecule has 0 aliphatic carbocycles. The van der Waals surface area contributed by atoms with Crippen LogP contribution in [0.15, 0.2) is 0 Å². The molecule has 0 aromatic carbocycles. The van der Waals surface area contributed by atoms with E-state index in [2.05, 4.69) is 0 Å². The van der Waals surface area contributed by atoms with Crippen LogP contribution in [0.5, 0.6) is 0 Å². The molecule has 0 spiro atoms. The molecule has 0 saturated heterocycles. The normalized spacial score (nSPS) is 3.87. The fourth-order valence-corrected chi connectivity index (χ4v) is 0. The summed E-state index contributed by atoms with van der Waals surface area (Å²) >= 11 is 0. The molecule has 0 atom stereocenters. The topological polar surface area (TPSA) is 301 Å². The second-order valence-corrected chi connectivity index (χ2v) is 1.22. The van der Waals surface area contributed by atoms with Gasteiger partial charge in [0, 0.05) is 10.4 Å². The Morgan fingerprint density at radius 3 is 0.667 bits per heavy atom. The van der Waals surface area contributed by atoms with Gasteiger partial charge >= 0.3 is 52.6 Å². The third kappa shape index (κ3) is 1080. The minimum atomic E-state index is -5.17.